The number of halogens is 1. The monoisotopic (exact) mass is 290 g/mol. The van der Waals surface area contributed by atoms with Gasteiger partial charge in [0.2, 0.25) is 0 Å². The molecule has 0 aliphatic heterocycles. The summed E-state index contributed by atoms with van der Waals surface area (Å²) >= 11 is 0. The van der Waals surface area contributed by atoms with Crippen molar-refractivity contribution in [2.24, 2.45) is 0 Å². The zero-order valence-corrected chi connectivity index (χ0v) is 11.6. The number of benzene rings is 2. The minimum atomic E-state index is -0.453. The molecular formula is C15H15FN2O3. The van der Waals surface area contributed by atoms with Crippen LogP contribution in [-0.4, -0.2) is 20.1 Å². The number of rotatable bonds is 4. The second kappa shape index (κ2) is 6.13. The summed E-state index contributed by atoms with van der Waals surface area (Å²) in [5, 5.41) is 2.63. The standard InChI is InChI=1S/C15H15FN2O3/c1-20-12-5-3-4-10(14(12)17)15(19)18-11-7-6-9(16)8-13(11)21-2/h3-8H,17H2,1-2H3,(H,18,19). The van der Waals surface area contributed by atoms with Gasteiger partial charge in [-0.05, 0) is 24.3 Å². The molecule has 0 aliphatic carbocycles. The van der Waals surface area contributed by atoms with E-state index in [0.717, 1.165) is 0 Å². The number of para-hydroxylation sites is 1. The first-order chi connectivity index (χ1) is 10.1. The third-order valence-corrected chi connectivity index (χ3v) is 2.94. The number of methoxy groups -OCH3 is 2. The van der Waals surface area contributed by atoms with Crippen LogP contribution in [0.15, 0.2) is 36.4 Å². The second-order valence-electron chi connectivity index (χ2n) is 4.22. The first kappa shape index (κ1) is 14.6. The van der Waals surface area contributed by atoms with Crippen molar-refractivity contribution in [3.8, 4) is 11.5 Å². The molecule has 0 aromatic heterocycles. The Labute approximate surface area is 121 Å². The van der Waals surface area contributed by atoms with Gasteiger partial charge in [-0.2, -0.15) is 0 Å². The Morgan fingerprint density at radius 3 is 2.52 bits per heavy atom. The van der Waals surface area contributed by atoms with E-state index >= 15 is 0 Å². The maximum Gasteiger partial charge on any atom is 0.257 e. The molecule has 21 heavy (non-hydrogen) atoms. The maximum atomic E-state index is 13.1. The molecule has 0 unspecified atom stereocenters. The Kier molecular flexibility index (Phi) is 4.27. The van der Waals surface area contributed by atoms with Crippen molar-refractivity contribution in [3.05, 3.63) is 47.8 Å². The molecule has 0 atom stereocenters. The SMILES string of the molecule is COc1cc(F)ccc1NC(=O)c1cccc(OC)c1N. The molecule has 3 N–H and O–H groups in total. The number of hydrogen-bond donors (Lipinski definition) is 2. The fourth-order valence-corrected chi connectivity index (χ4v) is 1.88. The molecule has 0 saturated carbocycles. The van der Waals surface area contributed by atoms with Crippen molar-refractivity contribution in [1.29, 1.82) is 0 Å². The molecule has 0 aliphatic rings. The number of hydrogen-bond acceptors (Lipinski definition) is 4. The van der Waals surface area contributed by atoms with Crippen molar-refractivity contribution in [1.82, 2.24) is 0 Å². The van der Waals surface area contributed by atoms with Crippen molar-refractivity contribution in [2.45, 2.75) is 0 Å². The number of nitrogen functional groups attached to an aromatic ring is 1. The third kappa shape index (κ3) is 3.05. The average molecular weight is 290 g/mol. The highest BCUT2D eigenvalue weighted by atomic mass is 19.1. The van der Waals surface area contributed by atoms with Crippen LogP contribution in [-0.2, 0) is 0 Å². The van der Waals surface area contributed by atoms with Crippen LogP contribution in [0.25, 0.3) is 0 Å². The molecule has 0 spiro atoms. The molecule has 6 heteroatoms. The van der Waals surface area contributed by atoms with Crippen molar-refractivity contribution >= 4 is 17.3 Å². The van der Waals surface area contributed by atoms with Gasteiger partial charge in [-0.15, -0.1) is 0 Å². The highest BCUT2D eigenvalue weighted by Crippen LogP contribution is 2.28. The Hall–Kier alpha value is -2.76. The largest absolute Gasteiger partial charge is 0.495 e. The molecule has 2 aromatic carbocycles. The number of amides is 1. The summed E-state index contributed by atoms with van der Waals surface area (Å²) < 4.78 is 23.2. The van der Waals surface area contributed by atoms with Gasteiger partial charge in [0.15, 0.2) is 0 Å². The summed E-state index contributed by atoms with van der Waals surface area (Å²) in [6, 6.07) is 8.72. The highest BCUT2D eigenvalue weighted by Gasteiger charge is 2.15. The summed E-state index contributed by atoms with van der Waals surface area (Å²) in [5.41, 5.74) is 6.72. The van der Waals surface area contributed by atoms with Crippen LogP contribution in [0.2, 0.25) is 0 Å². The van der Waals surface area contributed by atoms with E-state index in [1.807, 2.05) is 0 Å². The van der Waals surface area contributed by atoms with Crippen LogP contribution in [0.5, 0.6) is 11.5 Å². The summed E-state index contributed by atoms with van der Waals surface area (Å²) in [4.78, 5) is 12.3. The van der Waals surface area contributed by atoms with E-state index in [1.54, 1.807) is 18.2 Å². The van der Waals surface area contributed by atoms with Gasteiger partial charge in [0, 0.05) is 6.07 Å². The molecule has 0 bridgehead atoms. The summed E-state index contributed by atoms with van der Waals surface area (Å²) in [6.07, 6.45) is 0. The highest BCUT2D eigenvalue weighted by molar-refractivity contribution is 6.09. The van der Waals surface area contributed by atoms with Crippen molar-refractivity contribution in [3.63, 3.8) is 0 Å². The van der Waals surface area contributed by atoms with Crippen LogP contribution in [0.3, 0.4) is 0 Å². The van der Waals surface area contributed by atoms with Crippen LogP contribution in [0.4, 0.5) is 15.8 Å². The molecule has 0 radical (unpaired) electrons. The summed E-state index contributed by atoms with van der Waals surface area (Å²) in [5.74, 6) is -0.249. The quantitative estimate of drug-likeness (QED) is 0.849. The van der Waals surface area contributed by atoms with E-state index in [1.165, 1.54) is 32.4 Å². The maximum absolute atomic E-state index is 13.1. The van der Waals surface area contributed by atoms with E-state index in [9.17, 15) is 9.18 Å². The molecule has 2 rings (SSSR count). The fourth-order valence-electron chi connectivity index (χ4n) is 1.88. The molecule has 5 nitrogen and oxygen atoms in total. The number of nitrogens with one attached hydrogen (secondary N) is 1. The molecule has 0 heterocycles. The van der Waals surface area contributed by atoms with Crippen LogP contribution < -0.4 is 20.5 Å². The molecule has 1 amide bonds. The number of carbonyl (C=O) groups is 1. The Morgan fingerprint density at radius 2 is 1.86 bits per heavy atom. The topological polar surface area (TPSA) is 73.6 Å². The van der Waals surface area contributed by atoms with Gasteiger partial charge in [0.25, 0.3) is 5.91 Å². The van der Waals surface area contributed by atoms with Gasteiger partial charge < -0.3 is 20.5 Å². The van der Waals surface area contributed by atoms with Crippen molar-refractivity contribution in [2.75, 3.05) is 25.3 Å². The lowest BCUT2D eigenvalue weighted by Gasteiger charge is -2.12. The predicted molar refractivity (Wildman–Crippen MR) is 78.3 cm³/mol. The van der Waals surface area contributed by atoms with E-state index in [4.69, 9.17) is 15.2 Å². The van der Waals surface area contributed by atoms with Gasteiger partial charge >= 0.3 is 0 Å². The van der Waals surface area contributed by atoms with Crippen LogP contribution >= 0.6 is 0 Å². The first-order valence-electron chi connectivity index (χ1n) is 6.14. The minimum absolute atomic E-state index is 0.227. The first-order valence-corrected chi connectivity index (χ1v) is 6.14. The predicted octanol–water partition coefficient (Wildman–Crippen LogP) is 2.68. The lowest BCUT2D eigenvalue weighted by atomic mass is 10.1. The van der Waals surface area contributed by atoms with E-state index in [2.05, 4.69) is 5.32 Å². The number of anilines is 2. The molecule has 0 saturated heterocycles. The van der Waals surface area contributed by atoms with E-state index in [0.29, 0.717) is 11.4 Å². The van der Waals surface area contributed by atoms with Gasteiger partial charge in [-0.25, -0.2) is 4.39 Å². The van der Waals surface area contributed by atoms with Crippen molar-refractivity contribution < 1.29 is 18.7 Å². The molecule has 0 fully saturated rings. The Morgan fingerprint density at radius 1 is 1.14 bits per heavy atom. The average Bonchev–Trinajstić information content (AvgIpc) is 2.49. The summed E-state index contributed by atoms with van der Waals surface area (Å²) in [6.45, 7) is 0. The number of nitrogens with two attached hydrogens (primary N) is 1. The zero-order chi connectivity index (χ0) is 15.4. The minimum Gasteiger partial charge on any atom is -0.495 e. The van der Waals surface area contributed by atoms with Crippen LogP contribution in [0, 0.1) is 5.82 Å². The van der Waals surface area contributed by atoms with E-state index in [-0.39, 0.29) is 17.0 Å². The van der Waals surface area contributed by atoms with Gasteiger partial charge in [-0.1, -0.05) is 6.07 Å². The molecule has 2 aromatic rings. The molecular weight excluding hydrogens is 275 g/mol. The third-order valence-electron chi connectivity index (χ3n) is 2.94. The Balaban J connectivity index is 2.30. The number of carbonyl (C=O) groups excluding carboxylic acids is 1. The zero-order valence-electron chi connectivity index (χ0n) is 11.6. The normalized spacial score (nSPS) is 10.0. The fraction of sp³-hybridized carbons (Fsp3) is 0.133. The van der Waals surface area contributed by atoms with Gasteiger partial charge in [-0.3, -0.25) is 4.79 Å². The van der Waals surface area contributed by atoms with Gasteiger partial charge in [0.1, 0.15) is 17.3 Å². The van der Waals surface area contributed by atoms with Crippen LogP contribution in [0.1, 0.15) is 10.4 Å². The lowest BCUT2D eigenvalue weighted by Crippen LogP contribution is -2.15. The second-order valence-corrected chi connectivity index (χ2v) is 4.22. The molecule has 110 valence electrons. The number of ether oxygens (including phenoxy) is 2. The van der Waals surface area contributed by atoms with Gasteiger partial charge in [0.05, 0.1) is 31.2 Å². The smallest absolute Gasteiger partial charge is 0.257 e. The Bertz CT molecular complexity index is 674. The lowest BCUT2D eigenvalue weighted by molar-refractivity contribution is 0.102. The van der Waals surface area contributed by atoms with E-state index < -0.39 is 11.7 Å². The summed E-state index contributed by atoms with van der Waals surface area (Å²) in [7, 11) is 2.86.